The minimum absolute atomic E-state index is 0.0457. The topological polar surface area (TPSA) is 41.6 Å². The number of nitrogens with zero attached hydrogens (tertiary/aromatic N) is 2. The molecular formula is C24H24ClF2N3OS. The summed E-state index contributed by atoms with van der Waals surface area (Å²) in [4.78, 5) is 2.22. The summed E-state index contributed by atoms with van der Waals surface area (Å²) in [6, 6.07) is 19.8. The quantitative estimate of drug-likeness (QED) is 0.506. The van der Waals surface area contributed by atoms with E-state index in [0.717, 1.165) is 16.8 Å². The lowest BCUT2D eigenvalue weighted by Crippen LogP contribution is -2.56. The molecule has 2 atom stereocenters. The van der Waals surface area contributed by atoms with E-state index in [0.29, 0.717) is 24.7 Å². The summed E-state index contributed by atoms with van der Waals surface area (Å²) in [6.45, 7) is 1.85. The predicted octanol–water partition coefficient (Wildman–Crippen LogP) is 5.06. The third-order valence-electron chi connectivity index (χ3n) is 5.79. The molecule has 0 bridgehead atoms. The number of nitrogens with one attached hydrogen (secondary N) is 1. The van der Waals surface area contributed by atoms with Gasteiger partial charge < -0.3 is 4.55 Å². The summed E-state index contributed by atoms with van der Waals surface area (Å²) < 4.78 is 45.2. The molecule has 0 radical (unpaired) electrons. The molecule has 2 unspecified atom stereocenters. The summed E-state index contributed by atoms with van der Waals surface area (Å²) in [5.41, 5.74) is 2.57. The van der Waals surface area contributed by atoms with Crippen LogP contribution in [0.4, 0.5) is 14.5 Å². The van der Waals surface area contributed by atoms with Crippen LogP contribution in [0.1, 0.15) is 17.0 Å². The van der Waals surface area contributed by atoms with Crippen molar-refractivity contribution in [3.05, 3.63) is 101 Å². The highest BCUT2D eigenvalue weighted by atomic mass is 35.5. The van der Waals surface area contributed by atoms with E-state index in [1.807, 2.05) is 11.4 Å². The van der Waals surface area contributed by atoms with Crippen molar-refractivity contribution < 1.29 is 13.3 Å². The van der Waals surface area contributed by atoms with Crippen LogP contribution in [0.25, 0.3) is 0 Å². The van der Waals surface area contributed by atoms with Gasteiger partial charge in [0.2, 0.25) is 0 Å². The molecule has 0 spiro atoms. The first-order chi connectivity index (χ1) is 15.4. The highest BCUT2D eigenvalue weighted by molar-refractivity contribution is 7.90. The Balaban J connectivity index is 1.59. The molecule has 0 aromatic heterocycles. The lowest BCUT2D eigenvalue weighted by atomic mass is 9.83. The highest BCUT2D eigenvalue weighted by Crippen LogP contribution is 2.33. The predicted molar refractivity (Wildman–Crippen MR) is 126 cm³/mol. The maximum Gasteiger partial charge on any atom is 0.166 e. The minimum Gasteiger partial charge on any atom is -0.573 e. The van der Waals surface area contributed by atoms with Gasteiger partial charge in [-0.1, -0.05) is 35.9 Å². The molecule has 0 amide bonds. The van der Waals surface area contributed by atoms with Gasteiger partial charge in [-0.3, -0.25) is 4.90 Å². The van der Waals surface area contributed by atoms with Crippen molar-refractivity contribution in [2.24, 2.45) is 0 Å². The van der Waals surface area contributed by atoms with Gasteiger partial charge in [0, 0.05) is 23.5 Å². The van der Waals surface area contributed by atoms with E-state index in [9.17, 15) is 13.3 Å². The molecule has 1 N–H and O–H groups in total. The number of anilines is 1. The molecule has 1 aliphatic heterocycles. The maximum absolute atomic E-state index is 13.6. The van der Waals surface area contributed by atoms with Crippen LogP contribution >= 0.6 is 11.6 Å². The lowest BCUT2D eigenvalue weighted by Gasteiger charge is -2.42. The van der Waals surface area contributed by atoms with Crippen LogP contribution in [0.15, 0.2) is 72.8 Å². The normalized spacial score (nSPS) is 18.6. The fraction of sp³-hybridized carbons (Fsp3) is 0.250. The molecule has 4 nitrogen and oxygen atoms in total. The average molecular weight is 476 g/mol. The van der Waals surface area contributed by atoms with Gasteiger partial charge in [-0.2, -0.15) is 4.72 Å². The Hall–Kier alpha value is -2.16. The Morgan fingerprint density at radius 1 is 0.906 bits per heavy atom. The molecule has 1 aliphatic rings. The molecule has 168 valence electrons. The van der Waals surface area contributed by atoms with Crippen LogP contribution in [0.2, 0.25) is 5.02 Å². The zero-order valence-electron chi connectivity index (χ0n) is 17.5. The van der Waals surface area contributed by atoms with E-state index in [2.05, 4.69) is 9.62 Å². The number of piperazine rings is 1. The zero-order chi connectivity index (χ0) is 22.7. The van der Waals surface area contributed by atoms with Crippen molar-refractivity contribution in [3.8, 4) is 0 Å². The van der Waals surface area contributed by atoms with Crippen molar-refractivity contribution in [1.82, 2.24) is 9.21 Å². The Kier molecular flexibility index (Phi) is 7.33. The Morgan fingerprint density at radius 3 is 1.97 bits per heavy atom. The molecule has 32 heavy (non-hydrogen) atoms. The standard InChI is InChI=1S/C24H24ClF2N3OS/c1-29-14-15-30(32(31)28-22-12-6-19(25)7-13-22)16-23(29)24(17-2-8-20(26)9-3-17)18-4-10-21(27)11-5-18/h2-13,23-24,28H,14-16H2,1H3. The van der Waals surface area contributed by atoms with E-state index < -0.39 is 11.5 Å². The molecular weight excluding hydrogens is 452 g/mol. The number of hydrogen-bond donors (Lipinski definition) is 1. The van der Waals surface area contributed by atoms with Gasteiger partial charge in [-0.15, -0.1) is 4.31 Å². The monoisotopic (exact) mass is 475 g/mol. The smallest absolute Gasteiger partial charge is 0.166 e. The number of halogens is 3. The largest absolute Gasteiger partial charge is 0.573 e. The number of hydrogen-bond acceptors (Lipinski definition) is 4. The second kappa shape index (κ2) is 10.2. The van der Waals surface area contributed by atoms with Gasteiger partial charge in [0.15, 0.2) is 11.5 Å². The summed E-state index contributed by atoms with van der Waals surface area (Å²) in [5, 5.41) is 0.613. The minimum atomic E-state index is -1.44. The molecule has 3 aromatic rings. The van der Waals surface area contributed by atoms with Gasteiger partial charge in [0.25, 0.3) is 0 Å². The molecule has 0 aliphatic carbocycles. The Labute approximate surface area is 195 Å². The van der Waals surface area contributed by atoms with E-state index in [4.69, 9.17) is 11.6 Å². The van der Waals surface area contributed by atoms with E-state index in [1.165, 1.54) is 24.3 Å². The highest BCUT2D eigenvalue weighted by Gasteiger charge is 2.37. The first kappa shape index (κ1) is 23.0. The van der Waals surface area contributed by atoms with Crippen molar-refractivity contribution >= 4 is 28.8 Å². The molecule has 0 saturated carbocycles. The third-order valence-corrected chi connectivity index (χ3v) is 7.25. The van der Waals surface area contributed by atoms with Crippen molar-refractivity contribution in [3.63, 3.8) is 0 Å². The average Bonchev–Trinajstić information content (AvgIpc) is 2.79. The lowest BCUT2D eigenvalue weighted by molar-refractivity contribution is 0.135. The fourth-order valence-electron chi connectivity index (χ4n) is 4.05. The SMILES string of the molecule is CN1CCN([S+]([O-])Nc2ccc(Cl)cc2)CC1C(c1ccc(F)cc1)c1ccc(F)cc1. The van der Waals surface area contributed by atoms with Crippen LogP contribution < -0.4 is 4.72 Å². The summed E-state index contributed by atoms with van der Waals surface area (Å²) >= 11 is 4.49. The molecule has 1 heterocycles. The molecule has 1 saturated heterocycles. The van der Waals surface area contributed by atoms with Crippen LogP contribution in [0.3, 0.4) is 0 Å². The van der Waals surface area contributed by atoms with Crippen LogP contribution in [-0.4, -0.2) is 46.5 Å². The summed E-state index contributed by atoms with van der Waals surface area (Å²) in [7, 11) is 2.03. The van der Waals surface area contributed by atoms with Crippen molar-refractivity contribution in [1.29, 1.82) is 0 Å². The van der Waals surface area contributed by atoms with Gasteiger partial charge in [-0.05, 0) is 66.7 Å². The van der Waals surface area contributed by atoms with E-state index in [-0.39, 0.29) is 23.6 Å². The first-order valence-electron chi connectivity index (χ1n) is 10.3. The van der Waals surface area contributed by atoms with Crippen LogP contribution in [-0.2, 0) is 11.5 Å². The summed E-state index contributed by atoms with van der Waals surface area (Å²) in [5.74, 6) is -0.756. The Bertz CT molecular complexity index is 975. The molecule has 3 aromatic carbocycles. The van der Waals surface area contributed by atoms with Crippen molar-refractivity contribution in [2.75, 3.05) is 31.4 Å². The second-order valence-corrected chi connectivity index (χ2v) is 9.53. The van der Waals surface area contributed by atoms with Gasteiger partial charge in [-0.25, -0.2) is 8.78 Å². The first-order valence-corrected chi connectivity index (χ1v) is 11.8. The van der Waals surface area contributed by atoms with E-state index in [1.54, 1.807) is 48.5 Å². The molecule has 1 fully saturated rings. The Morgan fingerprint density at radius 2 is 1.44 bits per heavy atom. The fourth-order valence-corrected chi connectivity index (χ4v) is 5.17. The number of rotatable bonds is 6. The van der Waals surface area contributed by atoms with E-state index >= 15 is 0 Å². The van der Waals surface area contributed by atoms with Gasteiger partial charge in [0.05, 0.1) is 18.8 Å². The molecule has 4 rings (SSSR count). The number of benzene rings is 3. The van der Waals surface area contributed by atoms with Crippen LogP contribution in [0.5, 0.6) is 0 Å². The molecule has 8 heteroatoms. The summed E-state index contributed by atoms with van der Waals surface area (Å²) in [6.07, 6.45) is 0. The van der Waals surface area contributed by atoms with Gasteiger partial charge >= 0.3 is 0 Å². The second-order valence-electron chi connectivity index (χ2n) is 7.87. The van der Waals surface area contributed by atoms with Crippen LogP contribution in [0, 0.1) is 11.6 Å². The van der Waals surface area contributed by atoms with Gasteiger partial charge in [0.1, 0.15) is 11.6 Å². The third kappa shape index (κ3) is 5.42. The number of likely N-dealkylation sites (N-methyl/N-ethyl adjacent to an activating group) is 1. The zero-order valence-corrected chi connectivity index (χ0v) is 19.1. The van der Waals surface area contributed by atoms with Crippen molar-refractivity contribution in [2.45, 2.75) is 12.0 Å². The maximum atomic E-state index is 13.6.